The molecule has 0 aliphatic rings. The van der Waals surface area contributed by atoms with Crippen LogP contribution in [0.3, 0.4) is 0 Å². The summed E-state index contributed by atoms with van der Waals surface area (Å²) in [5, 5.41) is 6.04. The lowest BCUT2D eigenvalue weighted by Crippen LogP contribution is -2.39. The van der Waals surface area contributed by atoms with Crippen molar-refractivity contribution in [3.8, 4) is 5.75 Å². The van der Waals surface area contributed by atoms with Crippen molar-refractivity contribution >= 4 is 5.96 Å². The van der Waals surface area contributed by atoms with E-state index in [9.17, 15) is 13.2 Å². The van der Waals surface area contributed by atoms with Crippen molar-refractivity contribution in [1.29, 1.82) is 0 Å². The quantitative estimate of drug-likeness (QED) is 0.454. The summed E-state index contributed by atoms with van der Waals surface area (Å²) < 4.78 is 49.1. The van der Waals surface area contributed by atoms with Gasteiger partial charge in [0, 0.05) is 6.54 Å². The molecule has 2 aromatic rings. The molecule has 0 saturated heterocycles. The first-order valence-corrected chi connectivity index (χ1v) is 7.84. The smallest absolute Gasteiger partial charge is 0.419 e. The van der Waals surface area contributed by atoms with E-state index in [-0.39, 0.29) is 12.4 Å². The van der Waals surface area contributed by atoms with E-state index in [1.165, 1.54) is 18.2 Å². The second-order valence-electron chi connectivity index (χ2n) is 5.04. The molecule has 0 amide bonds. The van der Waals surface area contributed by atoms with Gasteiger partial charge in [0.2, 0.25) is 0 Å². The van der Waals surface area contributed by atoms with Crippen molar-refractivity contribution in [2.45, 2.75) is 19.6 Å². The number of nitrogens with one attached hydrogen (secondary N) is 2. The van der Waals surface area contributed by atoms with Gasteiger partial charge in [0.1, 0.15) is 24.7 Å². The highest BCUT2D eigenvalue weighted by atomic mass is 19.4. The maximum Gasteiger partial charge on any atom is 0.419 e. The fourth-order valence-corrected chi connectivity index (χ4v) is 2.06. The Labute approximate surface area is 143 Å². The van der Waals surface area contributed by atoms with Crippen LogP contribution in [0.1, 0.15) is 18.2 Å². The SMILES string of the molecule is CCNC(=NCc1ccco1)NCCOc1ccccc1C(F)(F)F. The third-order valence-corrected chi connectivity index (χ3v) is 3.16. The number of hydrogen-bond donors (Lipinski definition) is 2. The molecule has 25 heavy (non-hydrogen) atoms. The van der Waals surface area contributed by atoms with Gasteiger partial charge < -0.3 is 19.8 Å². The monoisotopic (exact) mass is 355 g/mol. The van der Waals surface area contributed by atoms with Crippen LogP contribution < -0.4 is 15.4 Å². The number of nitrogens with zero attached hydrogens (tertiary/aromatic N) is 1. The molecule has 1 aromatic carbocycles. The summed E-state index contributed by atoms with van der Waals surface area (Å²) in [7, 11) is 0. The summed E-state index contributed by atoms with van der Waals surface area (Å²) in [4.78, 5) is 4.32. The fraction of sp³-hybridized carbons (Fsp3) is 0.353. The van der Waals surface area contributed by atoms with Gasteiger partial charge in [-0.2, -0.15) is 13.2 Å². The molecule has 0 aliphatic heterocycles. The lowest BCUT2D eigenvalue weighted by atomic mass is 10.2. The van der Waals surface area contributed by atoms with Gasteiger partial charge >= 0.3 is 6.18 Å². The van der Waals surface area contributed by atoms with Crippen LogP contribution in [0.4, 0.5) is 13.2 Å². The van der Waals surface area contributed by atoms with Gasteiger partial charge in [0.25, 0.3) is 0 Å². The molecule has 0 bridgehead atoms. The van der Waals surface area contributed by atoms with Gasteiger partial charge in [-0.15, -0.1) is 0 Å². The average molecular weight is 355 g/mol. The number of halogens is 3. The number of para-hydroxylation sites is 1. The molecule has 8 heteroatoms. The van der Waals surface area contributed by atoms with Gasteiger partial charge in [-0.25, -0.2) is 4.99 Å². The predicted octanol–water partition coefficient (Wildman–Crippen LogP) is 3.43. The van der Waals surface area contributed by atoms with Crippen LogP contribution in [0.25, 0.3) is 0 Å². The molecular formula is C17H20F3N3O2. The van der Waals surface area contributed by atoms with E-state index in [2.05, 4.69) is 15.6 Å². The van der Waals surface area contributed by atoms with Gasteiger partial charge in [-0.3, -0.25) is 0 Å². The first kappa shape index (κ1) is 18.7. The highest BCUT2D eigenvalue weighted by Gasteiger charge is 2.33. The van der Waals surface area contributed by atoms with Crippen LogP contribution in [0.5, 0.6) is 5.75 Å². The Bertz CT molecular complexity index is 670. The number of alkyl halides is 3. The normalized spacial score (nSPS) is 12.1. The first-order chi connectivity index (χ1) is 12.0. The van der Waals surface area contributed by atoms with Gasteiger partial charge in [0.15, 0.2) is 5.96 Å². The molecule has 136 valence electrons. The number of aliphatic imine (C=N–C) groups is 1. The zero-order chi connectivity index (χ0) is 18.1. The molecule has 2 N–H and O–H groups in total. The van der Waals surface area contributed by atoms with E-state index < -0.39 is 11.7 Å². The van der Waals surface area contributed by atoms with E-state index in [0.29, 0.717) is 31.4 Å². The molecule has 2 rings (SSSR count). The van der Waals surface area contributed by atoms with Crippen molar-refractivity contribution in [1.82, 2.24) is 10.6 Å². The van der Waals surface area contributed by atoms with Gasteiger partial charge in [-0.1, -0.05) is 12.1 Å². The van der Waals surface area contributed by atoms with E-state index in [4.69, 9.17) is 9.15 Å². The largest absolute Gasteiger partial charge is 0.491 e. The van der Waals surface area contributed by atoms with E-state index >= 15 is 0 Å². The Morgan fingerprint density at radius 2 is 1.96 bits per heavy atom. The second-order valence-corrected chi connectivity index (χ2v) is 5.04. The van der Waals surface area contributed by atoms with Gasteiger partial charge in [-0.05, 0) is 31.2 Å². The molecule has 0 saturated carbocycles. The minimum atomic E-state index is -4.44. The zero-order valence-corrected chi connectivity index (χ0v) is 13.8. The van der Waals surface area contributed by atoms with Crippen LogP contribution in [-0.2, 0) is 12.7 Å². The number of hydrogen-bond acceptors (Lipinski definition) is 3. The standard InChI is InChI=1S/C17H20F3N3O2/c1-2-21-16(23-12-13-6-5-10-24-13)22-9-11-25-15-8-4-3-7-14(15)17(18,19)20/h3-8,10H,2,9,11-12H2,1H3,(H2,21,22,23). The van der Waals surface area contributed by atoms with Crippen LogP contribution in [0, 0.1) is 0 Å². The van der Waals surface area contributed by atoms with Crippen LogP contribution in [0.15, 0.2) is 52.1 Å². The van der Waals surface area contributed by atoms with Crippen molar-refractivity contribution in [3.63, 3.8) is 0 Å². The molecule has 1 aromatic heterocycles. The van der Waals surface area contributed by atoms with Crippen molar-refractivity contribution < 1.29 is 22.3 Å². The number of furan rings is 1. The lowest BCUT2D eigenvalue weighted by molar-refractivity contribution is -0.138. The molecular weight excluding hydrogens is 335 g/mol. The number of guanidine groups is 1. The predicted molar refractivity (Wildman–Crippen MR) is 88.5 cm³/mol. The molecule has 5 nitrogen and oxygen atoms in total. The molecule has 0 spiro atoms. The maximum atomic E-state index is 12.9. The van der Waals surface area contributed by atoms with E-state index in [1.807, 2.05) is 13.0 Å². The van der Waals surface area contributed by atoms with Crippen LogP contribution >= 0.6 is 0 Å². The van der Waals surface area contributed by atoms with E-state index in [0.717, 1.165) is 6.07 Å². The minimum absolute atomic E-state index is 0.0677. The van der Waals surface area contributed by atoms with Crippen molar-refractivity contribution in [2.75, 3.05) is 19.7 Å². The van der Waals surface area contributed by atoms with Crippen LogP contribution in [0.2, 0.25) is 0 Å². The third kappa shape index (κ3) is 6.06. The lowest BCUT2D eigenvalue weighted by Gasteiger charge is -2.15. The maximum absolute atomic E-state index is 12.9. The Balaban J connectivity index is 1.85. The molecule has 0 atom stereocenters. The number of ether oxygens (including phenoxy) is 1. The van der Waals surface area contributed by atoms with Gasteiger partial charge in [0.05, 0.1) is 18.4 Å². The van der Waals surface area contributed by atoms with Crippen LogP contribution in [-0.4, -0.2) is 25.7 Å². The zero-order valence-electron chi connectivity index (χ0n) is 13.8. The molecule has 0 aliphatic carbocycles. The van der Waals surface area contributed by atoms with E-state index in [1.54, 1.807) is 12.3 Å². The Morgan fingerprint density at radius 3 is 2.64 bits per heavy atom. The molecule has 1 heterocycles. The Hall–Kier alpha value is -2.64. The van der Waals surface area contributed by atoms with Crippen molar-refractivity contribution in [2.24, 2.45) is 4.99 Å². The number of rotatable bonds is 7. The second kappa shape index (κ2) is 9.00. The summed E-state index contributed by atoms with van der Waals surface area (Å²) in [6.45, 7) is 3.30. The summed E-state index contributed by atoms with van der Waals surface area (Å²) in [5.41, 5.74) is -0.784. The highest BCUT2D eigenvalue weighted by Crippen LogP contribution is 2.35. The Morgan fingerprint density at radius 1 is 1.16 bits per heavy atom. The molecule has 0 unspecified atom stereocenters. The highest BCUT2D eigenvalue weighted by molar-refractivity contribution is 5.79. The average Bonchev–Trinajstić information content (AvgIpc) is 3.09. The topological polar surface area (TPSA) is 58.8 Å². The number of benzene rings is 1. The third-order valence-electron chi connectivity index (χ3n) is 3.16. The Kier molecular flexibility index (Phi) is 6.73. The van der Waals surface area contributed by atoms with Crippen molar-refractivity contribution in [3.05, 3.63) is 54.0 Å². The summed E-state index contributed by atoms with van der Waals surface area (Å²) in [5.74, 6) is 1.06. The summed E-state index contributed by atoms with van der Waals surface area (Å²) in [6, 6.07) is 8.73. The molecule has 0 fully saturated rings. The summed E-state index contributed by atoms with van der Waals surface area (Å²) in [6.07, 6.45) is -2.87. The summed E-state index contributed by atoms with van der Waals surface area (Å²) >= 11 is 0. The fourth-order valence-electron chi connectivity index (χ4n) is 2.06. The molecule has 0 radical (unpaired) electrons. The minimum Gasteiger partial charge on any atom is -0.491 e. The first-order valence-electron chi connectivity index (χ1n) is 7.84.